The number of carbonyl (C=O) groups is 1. The largest absolute Gasteiger partial charge is 0.497 e. The van der Waals surface area contributed by atoms with Crippen molar-refractivity contribution in [2.75, 3.05) is 21.3 Å². The van der Waals surface area contributed by atoms with E-state index in [1.807, 2.05) is 0 Å². The van der Waals surface area contributed by atoms with Crippen molar-refractivity contribution in [2.24, 2.45) is 0 Å². The molecule has 0 aliphatic carbocycles. The van der Waals surface area contributed by atoms with Crippen LogP contribution in [-0.2, 0) is 14.8 Å². The molecule has 1 aromatic carbocycles. The van der Waals surface area contributed by atoms with Crippen LogP contribution in [-0.4, -0.2) is 51.1 Å². The summed E-state index contributed by atoms with van der Waals surface area (Å²) in [6, 6.07) is 3.10. The number of benzene rings is 1. The summed E-state index contributed by atoms with van der Waals surface area (Å²) in [7, 11) is 0.0329. The molecule has 1 aromatic rings. The van der Waals surface area contributed by atoms with Gasteiger partial charge in [-0.25, -0.2) is 8.42 Å². The lowest BCUT2D eigenvalue weighted by Gasteiger charge is -2.24. The van der Waals surface area contributed by atoms with Gasteiger partial charge in [0.2, 0.25) is 10.0 Å². The number of sulfonamides is 1. The lowest BCUT2D eigenvalue weighted by atomic mass is 10.2. The first-order valence-electron chi connectivity index (χ1n) is 6.22. The standard InChI is InChI=1S/C13H19NO6S/c1-5-10(13(15)16)14(2)21(17,18)12-7-6-9(19-3)8-11(12)20-4/h6-8,10H,5H2,1-4H3,(H,15,16). The molecular weight excluding hydrogens is 298 g/mol. The van der Waals surface area contributed by atoms with Crippen molar-refractivity contribution in [1.82, 2.24) is 4.31 Å². The minimum atomic E-state index is -3.99. The van der Waals surface area contributed by atoms with E-state index in [0.717, 1.165) is 4.31 Å². The molecule has 21 heavy (non-hydrogen) atoms. The summed E-state index contributed by atoms with van der Waals surface area (Å²) in [6.07, 6.45) is 0.156. The van der Waals surface area contributed by atoms with E-state index in [1.54, 1.807) is 6.92 Å². The Morgan fingerprint density at radius 3 is 2.38 bits per heavy atom. The monoisotopic (exact) mass is 317 g/mol. The number of aliphatic carboxylic acids is 1. The summed E-state index contributed by atoms with van der Waals surface area (Å²) in [5.74, 6) is -0.656. The van der Waals surface area contributed by atoms with Crippen LogP contribution in [0.3, 0.4) is 0 Å². The van der Waals surface area contributed by atoms with Gasteiger partial charge in [-0.15, -0.1) is 0 Å². The normalized spacial score (nSPS) is 13.0. The number of methoxy groups -OCH3 is 2. The van der Waals surface area contributed by atoms with Crippen LogP contribution in [0, 0.1) is 0 Å². The first-order valence-corrected chi connectivity index (χ1v) is 7.66. The number of ether oxygens (including phenoxy) is 2. The number of nitrogens with zero attached hydrogens (tertiary/aromatic N) is 1. The fourth-order valence-electron chi connectivity index (χ4n) is 1.90. The van der Waals surface area contributed by atoms with Crippen LogP contribution in [0.15, 0.2) is 23.1 Å². The molecule has 1 atom stereocenters. The highest BCUT2D eigenvalue weighted by atomic mass is 32.2. The molecule has 118 valence electrons. The average molecular weight is 317 g/mol. The van der Waals surface area contributed by atoms with Gasteiger partial charge in [0, 0.05) is 13.1 Å². The van der Waals surface area contributed by atoms with Gasteiger partial charge in [-0.2, -0.15) is 4.31 Å². The molecule has 0 aliphatic heterocycles. The molecule has 0 radical (unpaired) electrons. The summed E-state index contributed by atoms with van der Waals surface area (Å²) in [5, 5.41) is 9.11. The molecule has 0 spiro atoms. The highest BCUT2D eigenvalue weighted by Gasteiger charge is 2.33. The third-order valence-corrected chi connectivity index (χ3v) is 5.04. The Morgan fingerprint density at radius 1 is 1.33 bits per heavy atom. The number of carboxylic acid groups (broad SMARTS) is 1. The molecule has 0 heterocycles. The number of rotatable bonds is 7. The maximum atomic E-state index is 12.6. The van der Waals surface area contributed by atoms with E-state index >= 15 is 0 Å². The van der Waals surface area contributed by atoms with Gasteiger partial charge in [0.05, 0.1) is 14.2 Å². The second-order valence-corrected chi connectivity index (χ2v) is 6.27. The molecule has 0 amide bonds. The third-order valence-electron chi connectivity index (χ3n) is 3.14. The summed E-state index contributed by atoms with van der Waals surface area (Å²) in [4.78, 5) is 11.0. The van der Waals surface area contributed by atoms with E-state index in [0.29, 0.717) is 5.75 Å². The van der Waals surface area contributed by atoms with Crippen LogP contribution in [0.4, 0.5) is 0 Å². The van der Waals surface area contributed by atoms with Crippen molar-refractivity contribution in [3.8, 4) is 11.5 Å². The predicted octanol–water partition coefficient (Wildman–Crippen LogP) is 1.19. The van der Waals surface area contributed by atoms with Gasteiger partial charge >= 0.3 is 5.97 Å². The molecule has 7 nitrogen and oxygen atoms in total. The minimum Gasteiger partial charge on any atom is -0.497 e. The number of likely N-dealkylation sites (N-methyl/N-ethyl adjacent to an activating group) is 1. The summed E-state index contributed by atoms with van der Waals surface area (Å²) in [5.41, 5.74) is 0. The van der Waals surface area contributed by atoms with Crippen molar-refractivity contribution in [3.63, 3.8) is 0 Å². The minimum absolute atomic E-state index is 0.0986. The maximum Gasteiger partial charge on any atom is 0.321 e. The van der Waals surface area contributed by atoms with E-state index in [9.17, 15) is 13.2 Å². The Bertz CT molecular complexity index is 613. The van der Waals surface area contributed by atoms with Crippen molar-refractivity contribution >= 4 is 16.0 Å². The average Bonchev–Trinajstić information content (AvgIpc) is 2.46. The van der Waals surface area contributed by atoms with Crippen molar-refractivity contribution < 1.29 is 27.8 Å². The van der Waals surface area contributed by atoms with Gasteiger partial charge in [-0.3, -0.25) is 4.79 Å². The van der Waals surface area contributed by atoms with E-state index in [2.05, 4.69) is 0 Å². The lowest BCUT2D eigenvalue weighted by molar-refractivity contribution is -0.141. The van der Waals surface area contributed by atoms with Gasteiger partial charge in [-0.05, 0) is 18.6 Å². The number of hydrogen-bond donors (Lipinski definition) is 1. The van der Waals surface area contributed by atoms with E-state index in [-0.39, 0.29) is 17.1 Å². The van der Waals surface area contributed by atoms with Crippen LogP contribution in [0.5, 0.6) is 11.5 Å². The van der Waals surface area contributed by atoms with Crippen molar-refractivity contribution in [3.05, 3.63) is 18.2 Å². The quantitative estimate of drug-likeness (QED) is 0.812. The second-order valence-electron chi connectivity index (χ2n) is 4.30. The van der Waals surface area contributed by atoms with Gasteiger partial charge in [-0.1, -0.05) is 6.92 Å². The summed E-state index contributed by atoms with van der Waals surface area (Å²) < 4.78 is 36.0. The number of hydrogen-bond acceptors (Lipinski definition) is 5. The summed E-state index contributed by atoms with van der Waals surface area (Å²) >= 11 is 0. The number of carboxylic acids is 1. The van der Waals surface area contributed by atoms with Crippen LogP contribution >= 0.6 is 0 Å². The van der Waals surface area contributed by atoms with Gasteiger partial charge < -0.3 is 14.6 Å². The van der Waals surface area contributed by atoms with E-state index in [1.165, 1.54) is 39.5 Å². The smallest absolute Gasteiger partial charge is 0.321 e. The van der Waals surface area contributed by atoms with Crippen LogP contribution in [0.25, 0.3) is 0 Å². The lowest BCUT2D eigenvalue weighted by Crippen LogP contribution is -2.41. The maximum absolute atomic E-state index is 12.6. The van der Waals surface area contributed by atoms with Gasteiger partial charge in [0.25, 0.3) is 0 Å². The first-order chi connectivity index (χ1) is 9.79. The zero-order valence-corrected chi connectivity index (χ0v) is 13.2. The highest BCUT2D eigenvalue weighted by Crippen LogP contribution is 2.31. The van der Waals surface area contributed by atoms with Crippen molar-refractivity contribution in [1.29, 1.82) is 0 Å². The van der Waals surface area contributed by atoms with E-state index in [4.69, 9.17) is 14.6 Å². The molecule has 0 saturated heterocycles. The molecule has 0 bridgehead atoms. The van der Waals surface area contributed by atoms with Crippen molar-refractivity contribution in [2.45, 2.75) is 24.3 Å². The fourth-order valence-corrected chi connectivity index (χ4v) is 3.42. The Labute approximate surface area is 124 Å². The Hall–Kier alpha value is -1.80. The first kappa shape index (κ1) is 17.3. The second kappa shape index (κ2) is 6.77. The molecule has 1 unspecified atom stereocenters. The molecule has 8 heteroatoms. The van der Waals surface area contributed by atoms with E-state index < -0.39 is 22.0 Å². The van der Waals surface area contributed by atoms with Gasteiger partial charge in [0.1, 0.15) is 22.4 Å². The highest BCUT2D eigenvalue weighted by molar-refractivity contribution is 7.89. The molecular formula is C13H19NO6S. The van der Waals surface area contributed by atoms with Gasteiger partial charge in [0.15, 0.2) is 0 Å². The van der Waals surface area contributed by atoms with Crippen LogP contribution < -0.4 is 9.47 Å². The predicted molar refractivity (Wildman–Crippen MR) is 76.2 cm³/mol. The third kappa shape index (κ3) is 3.45. The molecule has 1 rings (SSSR count). The Balaban J connectivity index is 3.33. The molecule has 0 fully saturated rings. The summed E-state index contributed by atoms with van der Waals surface area (Å²) in [6.45, 7) is 1.61. The van der Waals surface area contributed by atoms with Crippen LogP contribution in [0.2, 0.25) is 0 Å². The van der Waals surface area contributed by atoms with Crippen LogP contribution in [0.1, 0.15) is 13.3 Å². The zero-order valence-electron chi connectivity index (χ0n) is 12.4. The molecule has 1 N–H and O–H groups in total. The molecule has 0 aromatic heterocycles. The Kier molecular flexibility index (Phi) is 5.56. The fraction of sp³-hybridized carbons (Fsp3) is 0.462. The zero-order chi connectivity index (χ0) is 16.2. The topological polar surface area (TPSA) is 93.1 Å². The SMILES string of the molecule is CCC(C(=O)O)N(C)S(=O)(=O)c1ccc(OC)cc1OC. The molecule has 0 aliphatic rings. The molecule has 0 saturated carbocycles. The Morgan fingerprint density at radius 2 is 1.95 bits per heavy atom.